The van der Waals surface area contributed by atoms with E-state index in [1.54, 1.807) is 18.2 Å². The number of hydrogen-bond acceptors (Lipinski definition) is 5. The third-order valence-electron chi connectivity index (χ3n) is 4.43. The quantitative estimate of drug-likeness (QED) is 0.714. The highest BCUT2D eigenvalue weighted by atomic mass is 35.5. The monoisotopic (exact) mass is 410 g/mol. The molecule has 2 N–H and O–H groups in total. The summed E-state index contributed by atoms with van der Waals surface area (Å²) < 4.78 is 19.4. The maximum atomic E-state index is 13.7. The smallest absolute Gasteiger partial charge is 0.257 e. The van der Waals surface area contributed by atoms with Crippen LogP contribution in [0.1, 0.15) is 36.0 Å². The Morgan fingerprint density at radius 3 is 2.78 bits per heavy atom. The Balaban J connectivity index is 1.79. The van der Waals surface area contributed by atoms with Crippen LogP contribution in [0.2, 0.25) is 5.02 Å². The predicted octanol–water partition coefficient (Wildman–Crippen LogP) is 4.42. The van der Waals surface area contributed by atoms with Gasteiger partial charge in [-0.1, -0.05) is 11.6 Å². The molecule has 144 valence electrons. The van der Waals surface area contributed by atoms with E-state index < -0.39 is 11.7 Å². The Bertz CT molecular complexity index is 829. The van der Waals surface area contributed by atoms with Gasteiger partial charge in [0.1, 0.15) is 17.1 Å². The Morgan fingerprint density at radius 1 is 1.33 bits per heavy atom. The van der Waals surface area contributed by atoms with E-state index in [0.717, 1.165) is 17.2 Å². The molecule has 1 heterocycles. The molecule has 0 radical (unpaired) electrons. The average molecular weight is 411 g/mol. The predicted molar refractivity (Wildman–Crippen MR) is 103 cm³/mol. The first-order chi connectivity index (χ1) is 13.0. The van der Waals surface area contributed by atoms with Crippen LogP contribution in [-0.4, -0.2) is 34.4 Å². The fourth-order valence-corrected chi connectivity index (χ4v) is 3.82. The molecule has 0 saturated heterocycles. The molecule has 1 amide bonds. The van der Waals surface area contributed by atoms with E-state index in [1.165, 1.54) is 11.8 Å². The number of aromatic nitrogens is 1. The topological polar surface area (TPSA) is 71.5 Å². The minimum atomic E-state index is -0.618. The number of carbonyl (C=O) groups is 1. The lowest BCUT2D eigenvalue weighted by Gasteiger charge is -2.26. The number of aliphatic hydroxyl groups excluding tert-OH is 1. The average Bonchev–Trinajstić information content (AvgIpc) is 2.66. The lowest BCUT2D eigenvalue weighted by molar-refractivity contribution is 0.0864. The van der Waals surface area contributed by atoms with Crippen LogP contribution < -0.4 is 10.1 Å². The van der Waals surface area contributed by atoms with Crippen molar-refractivity contribution in [2.45, 2.75) is 42.7 Å². The SMILES string of the molecule is CSc1cc(Oc2ncc(F)cc2C(=O)N[C@H]2CC[C@H](O)CC2)ccc1Cl. The highest BCUT2D eigenvalue weighted by molar-refractivity contribution is 7.98. The number of halogens is 2. The van der Waals surface area contributed by atoms with Crippen molar-refractivity contribution in [3.63, 3.8) is 0 Å². The van der Waals surface area contributed by atoms with Crippen LogP contribution in [0, 0.1) is 5.82 Å². The molecule has 3 rings (SSSR count). The number of carbonyl (C=O) groups excluding carboxylic acids is 1. The largest absolute Gasteiger partial charge is 0.438 e. The van der Waals surface area contributed by atoms with Crippen molar-refractivity contribution in [3.05, 3.63) is 46.9 Å². The van der Waals surface area contributed by atoms with Crippen molar-refractivity contribution in [2.24, 2.45) is 0 Å². The van der Waals surface area contributed by atoms with Gasteiger partial charge in [-0.25, -0.2) is 9.37 Å². The zero-order chi connectivity index (χ0) is 19.4. The summed E-state index contributed by atoms with van der Waals surface area (Å²) in [6, 6.07) is 6.15. The third-order valence-corrected chi connectivity index (χ3v) is 5.65. The summed E-state index contributed by atoms with van der Waals surface area (Å²) in [7, 11) is 0. The van der Waals surface area contributed by atoms with Gasteiger partial charge in [-0.05, 0) is 56.2 Å². The van der Waals surface area contributed by atoms with Gasteiger partial charge in [-0.2, -0.15) is 0 Å². The molecule has 8 heteroatoms. The number of nitrogens with zero attached hydrogens (tertiary/aromatic N) is 1. The second-order valence-corrected chi connectivity index (χ2v) is 7.64. The standard InChI is InChI=1S/C19H20ClFN2O3S/c1-27-17-9-14(6-7-16(17)20)26-19-15(8-11(21)10-22-19)18(25)23-12-2-4-13(24)5-3-12/h6-10,12-13,24H,2-5H2,1H3,(H,23,25)/t12-,13-. The zero-order valence-corrected chi connectivity index (χ0v) is 16.3. The van der Waals surface area contributed by atoms with E-state index in [-0.39, 0.29) is 23.6 Å². The first kappa shape index (κ1) is 19.9. The molecule has 1 fully saturated rings. The molecule has 0 aliphatic heterocycles. The molecule has 1 aromatic carbocycles. The summed E-state index contributed by atoms with van der Waals surface area (Å²) in [6.07, 6.45) is 5.22. The van der Waals surface area contributed by atoms with Crippen LogP contribution in [0.5, 0.6) is 11.6 Å². The minimum Gasteiger partial charge on any atom is -0.438 e. The van der Waals surface area contributed by atoms with Crippen LogP contribution in [0.3, 0.4) is 0 Å². The lowest BCUT2D eigenvalue weighted by Crippen LogP contribution is -2.38. The number of benzene rings is 1. The highest BCUT2D eigenvalue weighted by Crippen LogP contribution is 2.32. The van der Waals surface area contributed by atoms with Gasteiger partial charge in [0.25, 0.3) is 5.91 Å². The lowest BCUT2D eigenvalue weighted by atomic mass is 9.93. The maximum absolute atomic E-state index is 13.7. The molecule has 2 aromatic rings. The summed E-state index contributed by atoms with van der Waals surface area (Å²) in [5.41, 5.74) is 0.0294. The van der Waals surface area contributed by atoms with Crippen LogP contribution in [0.15, 0.2) is 35.4 Å². The Kier molecular flexibility index (Phi) is 6.57. The van der Waals surface area contributed by atoms with E-state index in [2.05, 4.69) is 10.3 Å². The summed E-state index contributed by atoms with van der Waals surface area (Å²) >= 11 is 7.56. The number of amides is 1. The summed E-state index contributed by atoms with van der Waals surface area (Å²) in [6.45, 7) is 0. The molecular formula is C19H20ClFN2O3S. The molecule has 5 nitrogen and oxygen atoms in total. The molecule has 0 unspecified atom stereocenters. The molecular weight excluding hydrogens is 391 g/mol. The number of ether oxygens (including phenoxy) is 1. The van der Waals surface area contributed by atoms with Crippen LogP contribution in [0.4, 0.5) is 4.39 Å². The molecule has 1 aromatic heterocycles. The van der Waals surface area contributed by atoms with Crippen molar-refractivity contribution in [1.82, 2.24) is 10.3 Å². The number of hydrogen-bond donors (Lipinski definition) is 2. The van der Waals surface area contributed by atoms with E-state index >= 15 is 0 Å². The van der Waals surface area contributed by atoms with Gasteiger partial charge < -0.3 is 15.2 Å². The van der Waals surface area contributed by atoms with Crippen LogP contribution >= 0.6 is 23.4 Å². The van der Waals surface area contributed by atoms with Gasteiger partial charge in [-0.3, -0.25) is 4.79 Å². The number of thioether (sulfide) groups is 1. The molecule has 0 spiro atoms. The van der Waals surface area contributed by atoms with Crippen molar-refractivity contribution in [1.29, 1.82) is 0 Å². The summed E-state index contributed by atoms with van der Waals surface area (Å²) in [5, 5.41) is 13.1. The number of aliphatic hydroxyl groups is 1. The van der Waals surface area contributed by atoms with Crippen molar-refractivity contribution >= 4 is 29.3 Å². The second-order valence-electron chi connectivity index (χ2n) is 6.38. The molecule has 1 saturated carbocycles. The fourth-order valence-electron chi connectivity index (χ4n) is 2.97. The molecule has 1 aliphatic rings. The second kappa shape index (κ2) is 8.91. The minimum absolute atomic E-state index is 0.0270. The fraction of sp³-hybridized carbons (Fsp3) is 0.368. The van der Waals surface area contributed by atoms with Gasteiger partial charge >= 0.3 is 0 Å². The molecule has 27 heavy (non-hydrogen) atoms. The summed E-state index contributed by atoms with van der Waals surface area (Å²) in [4.78, 5) is 17.4. The molecule has 1 aliphatic carbocycles. The summed E-state index contributed by atoms with van der Waals surface area (Å²) in [5.74, 6) is -0.582. The Hall–Kier alpha value is -1.83. The molecule has 0 bridgehead atoms. The van der Waals surface area contributed by atoms with E-state index in [0.29, 0.717) is 36.5 Å². The van der Waals surface area contributed by atoms with Gasteiger partial charge in [0, 0.05) is 10.9 Å². The zero-order valence-electron chi connectivity index (χ0n) is 14.7. The number of rotatable bonds is 5. The number of nitrogens with one attached hydrogen (secondary N) is 1. The first-order valence-corrected chi connectivity index (χ1v) is 10.2. The first-order valence-electron chi connectivity index (χ1n) is 8.62. The Labute approximate surface area is 166 Å². The van der Waals surface area contributed by atoms with Crippen molar-refractivity contribution < 1.29 is 19.0 Å². The third kappa shape index (κ3) is 5.12. The Morgan fingerprint density at radius 2 is 2.07 bits per heavy atom. The van der Waals surface area contributed by atoms with Gasteiger partial charge in [-0.15, -0.1) is 11.8 Å². The van der Waals surface area contributed by atoms with Crippen molar-refractivity contribution in [3.8, 4) is 11.6 Å². The van der Waals surface area contributed by atoms with Gasteiger partial charge in [0.15, 0.2) is 0 Å². The maximum Gasteiger partial charge on any atom is 0.257 e. The van der Waals surface area contributed by atoms with Crippen LogP contribution in [-0.2, 0) is 0 Å². The van der Waals surface area contributed by atoms with E-state index in [1.807, 2.05) is 6.26 Å². The van der Waals surface area contributed by atoms with E-state index in [9.17, 15) is 14.3 Å². The van der Waals surface area contributed by atoms with Crippen LogP contribution in [0.25, 0.3) is 0 Å². The van der Waals surface area contributed by atoms with E-state index in [4.69, 9.17) is 16.3 Å². The molecule has 0 atom stereocenters. The highest BCUT2D eigenvalue weighted by Gasteiger charge is 2.24. The van der Waals surface area contributed by atoms with Crippen molar-refractivity contribution in [2.75, 3.05) is 6.26 Å². The van der Waals surface area contributed by atoms with Gasteiger partial charge in [0.2, 0.25) is 5.88 Å². The number of pyridine rings is 1. The van der Waals surface area contributed by atoms with Gasteiger partial charge in [0.05, 0.1) is 17.3 Å². The normalized spacial score (nSPS) is 19.6.